The summed E-state index contributed by atoms with van der Waals surface area (Å²) >= 11 is 0. The van der Waals surface area contributed by atoms with Gasteiger partial charge in [0.15, 0.2) is 0 Å². The zero-order valence-electron chi connectivity index (χ0n) is 15.4. The molecule has 0 saturated carbocycles. The first-order valence-electron chi connectivity index (χ1n) is 8.30. The van der Waals surface area contributed by atoms with Gasteiger partial charge >= 0.3 is 0 Å². The molecule has 2 N–H and O–H groups in total. The molecular weight excluding hydrogens is 298 g/mol. The quantitative estimate of drug-likeness (QED) is 0.305. The fraction of sp³-hybridized carbons (Fsp3) is 0.381. The molecule has 0 spiro atoms. The Bertz CT molecular complexity index is 523. The summed E-state index contributed by atoms with van der Waals surface area (Å²) in [6.07, 6.45) is 12.2. The zero-order valence-corrected chi connectivity index (χ0v) is 15.4. The van der Waals surface area contributed by atoms with Gasteiger partial charge in [0, 0.05) is 12.6 Å². The fourth-order valence-electron chi connectivity index (χ4n) is 1.62. The van der Waals surface area contributed by atoms with Crippen molar-refractivity contribution in [3.05, 3.63) is 53.8 Å². The first kappa shape index (κ1) is 23.9. The molecule has 1 aromatic rings. The van der Waals surface area contributed by atoms with E-state index in [2.05, 4.69) is 17.3 Å². The van der Waals surface area contributed by atoms with Crippen LogP contribution in [0, 0.1) is 12.3 Å². The molecule has 0 aliphatic carbocycles. The van der Waals surface area contributed by atoms with Gasteiger partial charge in [-0.05, 0) is 44.4 Å². The van der Waals surface area contributed by atoms with Gasteiger partial charge in [-0.25, -0.2) is 0 Å². The summed E-state index contributed by atoms with van der Waals surface area (Å²) in [6, 6.07) is 9.76. The highest BCUT2D eigenvalue weighted by molar-refractivity contribution is 5.73. The lowest BCUT2D eigenvalue weighted by Gasteiger charge is -2.01. The Morgan fingerprint density at radius 3 is 2.33 bits per heavy atom. The third-order valence-corrected chi connectivity index (χ3v) is 2.68. The molecule has 0 heterocycles. The normalized spacial score (nSPS) is 11.0. The molecule has 0 aliphatic heterocycles. The second-order valence-electron chi connectivity index (χ2n) is 4.41. The predicted octanol–water partition coefficient (Wildman–Crippen LogP) is 5.39. The van der Waals surface area contributed by atoms with Crippen LogP contribution in [0.2, 0.25) is 0 Å². The molecule has 0 atom stereocenters. The van der Waals surface area contributed by atoms with E-state index in [0.29, 0.717) is 12.2 Å². The molecule has 0 radical (unpaired) electrons. The van der Waals surface area contributed by atoms with Gasteiger partial charge in [-0.3, -0.25) is 4.99 Å². The average molecular weight is 329 g/mol. The second-order valence-corrected chi connectivity index (χ2v) is 4.41. The standard InChI is InChI=1S/C16H21NO2.C3H4.C2H6/c1-2-15(19)10-6-7-12-17-16(11-13-18)14-8-4-3-5-9-14;1-3-2;1-2/h2-5,8-9,11-12,18-19H,6-7,10,13H2,1H3;1H,2H3;1-2H3/b15-2+,16-11-,17-12?;;. The Morgan fingerprint density at radius 2 is 1.83 bits per heavy atom. The SMILES string of the molecule is C#CC.C/C=C(/O)CCCC=N/C(=C\CO)c1ccccc1.CC. The number of hydrogen-bond donors (Lipinski definition) is 2. The molecule has 0 bridgehead atoms. The van der Waals surface area contributed by atoms with Crippen LogP contribution in [0.15, 0.2) is 53.2 Å². The van der Waals surface area contributed by atoms with E-state index in [1.165, 1.54) is 0 Å². The largest absolute Gasteiger partial charge is 0.513 e. The van der Waals surface area contributed by atoms with Gasteiger partial charge in [0.05, 0.1) is 18.1 Å². The highest BCUT2D eigenvalue weighted by Gasteiger charge is 1.97. The second kappa shape index (κ2) is 18.7. The fourth-order valence-corrected chi connectivity index (χ4v) is 1.62. The van der Waals surface area contributed by atoms with E-state index in [4.69, 9.17) is 5.11 Å². The summed E-state index contributed by atoms with van der Waals surface area (Å²) in [5.41, 5.74) is 1.77. The Hall–Kier alpha value is -2.31. The predicted molar refractivity (Wildman–Crippen MR) is 106 cm³/mol. The maximum Gasteiger partial charge on any atom is 0.0880 e. The van der Waals surface area contributed by atoms with E-state index >= 15 is 0 Å². The molecule has 0 aromatic heterocycles. The van der Waals surface area contributed by atoms with E-state index < -0.39 is 0 Å². The first-order valence-corrected chi connectivity index (χ1v) is 8.30. The molecule has 3 heteroatoms. The number of allylic oxidation sites excluding steroid dienone is 2. The van der Waals surface area contributed by atoms with Gasteiger partial charge in [0.25, 0.3) is 0 Å². The number of terminal acetylenes is 1. The molecule has 0 unspecified atom stereocenters. The smallest absolute Gasteiger partial charge is 0.0880 e. The van der Waals surface area contributed by atoms with Gasteiger partial charge in [0.1, 0.15) is 0 Å². The minimum absolute atomic E-state index is 0.0269. The van der Waals surface area contributed by atoms with Crippen molar-refractivity contribution in [3.8, 4) is 12.3 Å². The van der Waals surface area contributed by atoms with Crippen molar-refractivity contribution >= 4 is 11.9 Å². The van der Waals surface area contributed by atoms with Gasteiger partial charge in [-0.1, -0.05) is 44.2 Å². The molecular formula is C21H31NO2. The maximum absolute atomic E-state index is 9.30. The van der Waals surface area contributed by atoms with E-state index in [-0.39, 0.29) is 6.61 Å². The molecule has 0 saturated heterocycles. The van der Waals surface area contributed by atoms with Crippen LogP contribution in [-0.2, 0) is 0 Å². The lowest BCUT2D eigenvalue weighted by molar-refractivity contribution is 0.343. The summed E-state index contributed by atoms with van der Waals surface area (Å²) in [5, 5.41) is 18.3. The summed E-state index contributed by atoms with van der Waals surface area (Å²) in [4.78, 5) is 4.38. The molecule has 132 valence electrons. The Labute approximate surface area is 147 Å². The van der Waals surface area contributed by atoms with Crippen molar-refractivity contribution < 1.29 is 10.2 Å². The van der Waals surface area contributed by atoms with Crippen LogP contribution >= 0.6 is 0 Å². The monoisotopic (exact) mass is 329 g/mol. The topological polar surface area (TPSA) is 52.8 Å². The van der Waals surface area contributed by atoms with E-state index in [9.17, 15) is 5.11 Å². The number of benzene rings is 1. The van der Waals surface area contributed by atoms with Crippen LogP contribution in [0.4, 0.5) is 0 Å². The number of rotatable bonds is 7. The summed E-state index contributed by atoms with van der Waals surface area (Å²) in [6.45, 7) is 7.45. The van der Waals surface area contributed by atoms with Crippen molar-refractivity contribution in [2.45, 2.75) is 47.0 Å². The number of aliphatic imine (C=N–C) groups is 1. The summed E-state index contributed by atoms with van der Waals surface area (Å²) in [7, 11) is 0. The van der Waals surface area contributed by atoms with E-state index in [1.54, 1.807) is 19.1 Å². The third kappa shape index (κ3) is 13.4. The molecule has 0 fully saturated rings. The molecule has 24 heavy (non-hydrogen) atoms. The van der Waals surface area contributed by atoms with Crippen LogP contribution in [-0.4, -0.2) is 23.0 Å². The summed E-state index contributed by atoms with van der Waals surface area (Å²) < 4.78 is 0. The van der Waals surface area contributed by atoms with Gasteiger partial charge < -0.3 is 10.2 Å². The Kier molecular flexibility index (Phi) is 18.7. The van der Waals surface area contributed by atoms with Crippen molar-refractivity contribution in [3.63, 3.8) is 0 Å². The highest BCUT2D eigenvalue weighted by atomic mass is 16.3. The van der Waals surface area contributed by atoms with Crippen LogP contribution in [0.25, 0.3) is 5.70 Å². The van der Waals surface area contributed by atoms with Crippen molar-refractivity contribution in [2.24, 2.45) is 4.99 Å². The molecule has 1 rings (SSSR count). The van der Waals surface area contributed by atoms with Crippen LogP contribution < -0.4 is 0 Å². The minimum Gasteiger partial charge on any atom is -0.513 e. The lowest BCUT2D eigenvalue weighted by atomic mass is 10.1. The molecule has 1 aromatic carbocycles. The number of unbranched alkanes of at least 4 members (excludes halogenated alkanes) is 1. The number of aliphatic hydroxyl groups is 2. The Balaban J connectivity index is 0. The number of nitrogens with zero attached hydrogens (tertiary/aromatic N) is 1. The Morgan fingerprint density at radius 1 is 1.25 bits per heavy atom. The number of aliphatic hydroxyl groups excluding tert-OH is 2. The van der Waals surface area contributed by atoms with E-state index in [0.717, 1.165) is 24.1 Å². The van der Waals surface area contributed by atoms with Crippen LogP contribution in [0.1, 0.15) is 52.5 Å². The minimum atomic E-state index is -0.0269. The molecule has 0 aliphatic rings. The van der Waals surface area contributed by atoms with Gasteiger partial charge in [-0.2, -0.15) is 0 Å². The average Bonchev–Trinajstić information content (AvgIpc) is 2.63. The summed E-state index contributed by atoms with van der Waals surface area (Å²) in [5.74, 6) is 2.67. The number of hydrogen-bond acceptors (Lipinski definition) is 3. The van der Waals surface area contributed by atoms with Gasteiger partial charge in [-0.15, -0.1) is 12.3 Å². The van der Waals surface area contributed by atoms with Gasteiger partial charge in [0.2, 0.25) is 0 Å². The van der Waals surface area contributed by atoms with Crippen molar-refractivity contribution in [2.75, 3.05) is 6.61 Å². The van der Waals surface area contributed by atoms with Crippen LogP contribution in [0.5, 0.6) is 0 Å². The molecule has 0 amide bonds. The highest BCUT2D eigenvalue weighted by Crippen LogP contribution is 2.15. The zero-order chi connectivity index (χ0) is 18.6. The van der Waals surface area contributed by atoms with Crippen molar-refractivity contribution in [1.82, 2.24) is 0 Å². The first-order chi connectivity index (χ1) is 11.7. The van der Waals surface area contributed by atoms with Crippen LogP contribution in [0.3, 0.4) is 0 Å². The molecule has 3 nitrogen and oxygen atoms in total. The lowest BCUT2D eigenvalue weighted by Crippen LogP contribution is -1.87. The van der Waals surface area contributed by atoms with E-state index in [1.807, 2.05) is 57.3 Å². The third-order valence-electron chi connectivity index (χ3n) is 2.68. The van der Waals surface area contributed by atoms with Crippen molar-refractivity contribution in [1.29, 1.82) is 0 Å². The maximum atomic E-state index is 9.30.